The molecule has 32 heavy (non-hydrogen) atoms. The van der Waals surface area contributed by atoms with Crippen LogP contribution in [0.15, 0.2) is 82.8 Å². The Bertz CT molecular complexity index is 1230. The van der Waals surface area contributed by atoms with Gasteiger partial charge >= 0.3 is 5.97 Å². The number of nitro benzene ring substituents is 1. The first-order valence-corrected chi connectivity index (χ1v) is 9.90. The Labute approximate surface area is 191 Å². The monoisotopic (exact) mass is 491 g/mol. The van der Waals surface area contributed by atoms with E-state index in [0.717, 1.165) is 4.47 Å². The highest BCUT2D eigenvalue weighted by Gasteiger charge is 2.12. The zero-order chi connectivity index (χ0) is 23.1. The van der Waals surface area contributed by atoms with E-state index in [1.165, 1.54) is 30.3 Å². The molecule has 0 unspecified atom stereocenters. The van der Waals surface area contributed by atoms with E-state index in [9.17, 15) is 25.0 Å². The molecule has 8 nitrogen and oxygen atoms in total. The SMILES string of the molecule is N#C/C(=C\c1ccc(OC(=O)c2ccc(Br)cc2)cc1)C(=O)Nc1ccc([N+](=O)[O-])cc1. The quantitative estimate of drug-likeness (QED) is 0.127. The van der Waals surface area contributed by atoms with Gasteiger partial charge in [-0.3, -0.25) is 14.9 Å². The van der Waals surface area contributed by atoms with Gasteiger partial charge in [-0.25, -0.2) is 4.79 Å². The van der Waals surface area contributed by atoms with Crippen LogP contribution >= 0.6 is 15.9 Å². The Kier molecular flexibility index (Phi) is 7.10. The molecular formula is C23H14BrN3O5. The molecule has 158 valence electrons. The summed E-state index contributed by atoms with van der Waals surface area (Å²) in [5.74, 6) is -0.864. The number of halogens is 1. The fourth-order valence-corrected chi connectivity index (χ4v) is 2.83. The van der Waals surface area contributed by atoms with E-state index in [1.54, 1.807) is 48.5 Å². The summed E-state index contributed by atoms with van der Waals surface area (Å²) in [6.45, 7) is 0. The van der Waals surface area contributed by atoms with Crippen molar-refractivity contribution in [3.63, 3.8) is 0 Å². The molecule has 0 aliphatic heterocycles. The minimum absolute atomic E-state index is 0.111. The van der Waals surface area contributed by atoms with Gasteiger partial charge in [-0.15, -0.1) is 0 Å². The third kappa shape index (κ3) is 5.87. The van der Waals surface area contributed by atoms with Crippen LogP contribution in [0.25, 0.3) is 6.08 Å². The molecule has 0 aliphatic rings. The zero-order valence-corrected chi connectivity index (χ0v) is 17.9. The lowest BCUT2D eigenvalue weighted by Crippen LogP contribution is -2.13. The Balaban J connectivity index is 1.67. The second-order valence-corrected chi connectivity index (χ2v) is 7.31. The molecule has 0 saturated carbocycles. The lowest BCUT2D eigenvalue weighted by molar-refractivity contribution is -0.384. The molecule has 0 atom stereocenters. The van der Waals surface area contributed by atoms with Gasteiger partial charge in [0.2, 0.25) is 0 Å². The lowest BCUT2D eigenvalue weighted by Gasteiger charge is -2.06. The minimum Gasteiger partial charge on any atom is -0.423 e. The summed E-state index contributed by atoms with van der Waals surface area (Å²) in [4.78, 5) is 34.7. The normalized spacial score (nSPS) is 10.7. The molecule has 0 aromatic heterocycles. The van der Waals surface area contributed by atoms with Gasteiger partial charge in [0.1, 0.15) is 17.4 Å². The topological polar surface area (TPSA) is 122 Å². The Hall–Kier alpha value is -4.29. The van der Waals surface area contributed by atoms with Crippen molar-refractivity contribution in [1.29, 1.82) is 5.26 Å². The number of carbonyl (C=O) groups excluding carboxylic acids is 2. The lowest BCUT2D eigenvalue weighted by atomic mass is 10.1. The molecule has 0 radical (unpaired) electrons. The first kappa shape index (κ1) is 22.4. The summed E-state index contributed by atoms with van der Waals surface area (Å²) < 4.78 is 6.16. The molecule has 0 heterocycles. The van der Waals surface area contributed by atoms with Crippen LogP contribution in [0.5, 0.6) is 5.75 Å². The predicted octanol–water partition coefficient (Wildman–Crippen LogP) is 5.12. The highest BCUT2D eigenvalue weighted by Crippen LogP contribution is 2.19. The van der Waals surface area contributed by atoms with Crippen molar-refractivity contribution in [2.24, 2.45) is 0 Å². The minimum atomic E-state index is -0.660. The highest BCUT2D eigenvalue weighted by atomic mass is 79.9. The summed E-state index contributed by atoms with van der Waals surface area (Å²) in [6, 6.07) is 20.1. The molecule has 0 spiro atoms. The number of esters is 1. The second-order valence-electron chi connectivity index (χ2n) is 6.39. The number of benzene rings is 3. The molecule has 0 fully saturated rings. The standard InChI is InChI=1S/C23H14BrN3O5/c24-18-5-3-16(4-6-18)23(29)32-21-11-1-15(2-12-21)13-17(14-25)22(28)26-19-7-9-20(10-8-19)27(30)31/h1-13H,(H,26,28)/b17-13+. The van der Waals surface area contributed by atoms with E-state index >= 15 is 0 Å². The Morgan fingerprint density at radius 2 is 1.62 bits per heavy atom. The molecule has 0 saturated heterocycles. The maximum absolute atomic E-state index is 12.4. The molecular weight excluding hydrogens is 478 g/mol. The van der Waals surface area contributed by atoms with Crippen LogP contribution in [0.3, 0.4) is 0 Å². The fraction of sp³-hybridized carbons (Fsp3) is 0. The van der Waals surface area contributed by atoms with E-state index in [1.807, 2.05) is 6.07 Å². The van der Waals surface area contributed by atoms with Crippen LogP contribution in [0.2, 0.25) is 0 Å². The number of ether oxygens (including phenoxy) is 1. The summed E-state index contributed by atoms with van der Waals surface area (Å²) >= 11 is 3.30. The van der Waals surface area contributed by atoms with E-state index in [0.29, 0.717) is 22.6 Å². The van der Waals surface area contributed by atoms with Gasteiger partial charge < -0.3 is 10.1 Å². The first-order chi connectivity index (χ1) is 15.4. The Morgan fingerprint density at radius 3 is 2.19 bits per heavy atom. The number of nitrogens with zero attached hydrogens (tertiary/aromatic N) is 2. The van der Waals surface area contributed by atoms with Crippen molar-refractivity contribution in [2.75, 3.05) is 5.32 Å². The van der Waals surface area contributed by atoms with Crippen molar-refractivity contribution in [3.8, 4) is 11.8 Å². The van der Waals surface area contributed by atoms with Gasteiger partial charge in [0.25, 0.3) is 11.6 Å². The van der Waals surface area contributed by atoms with Gasteiger partial charge in [0, 0.05) is 22.3 Å². The number of anilines is 1. The summed E-state index contributed by atoms with van der Waals surface area (Å²) in [5.41, 5.74) is 0.982. The maximum Gasteiger partial charge on any atom is 0.343 e. The van der Waals surface area contributed by atoms with Crippen LogP contribution in [0.1, 0.15) is 15.9 Å². The number of hydrogen-bond donors (Lipinski definition) is 1. The molecule has 3 aromatic rings. The van der Waals surface area contributed by atoms with Crippen LogP contribution in [-0.2, 0) is 4.79 Å². The van der Waals surface area contributed by atoms with Crippen LogP contribution in [0, 0.1) is 21.4 Å². The van der Waals surface area contributed by atoms with Gasteiger partial charge in [0.15, 0.2) is 0 Å². The highest BCUT2D eigenvalue weighted by molar-refractivity contribution is 9.10. The van der Waals surface area contributed by atoms with Gasteiger partial charge in [0.05, 0.1) is 10.5 Å². The molecule has 1 N–H and O–H groups in total. The number of nitro groups is 1. The molecule has 0 bridgehead atoms. The van der Waals surface area contributed by atoms with Gasteiger partial charge in [-0.05, 0) is 60.2 Å². The maximum atomic E-state index is 12.4. The van der Waals surface area contributed by atoms with Crippen molar-refractivity contribution in [2.45, 2.75) is 0 Å². The average Bonchev–Trinajstić information content (AvgIpc) is 2.79. The van der Waals surface area contributed by atoms with E-state index < -0.39 is 16.8 Å². The third-order valence-electron chi connectivity index (χ3n) is 4.18. The van der Waals surface area contributed by atoms with Crippen LogP contribution in [0.4, 0.5) is 11.4 Å². The summed E-state index contributed by atoms with van der Waals surface area (Å²) in [5, 5.41) is 22.5. The van der Waals surface area contributed by atoms with Crippen molar-refractivity contribution >= 4 is 45.3 Å². The second kappa shape index (κ2) is 10.1. The Morgan fingerprint density at radius 1 is 1.00 bits per heavy atom. The van der Waals surface area contributed by atoms with Crippen LogP contribution < -0.4 is 10.1 Å². The van der Waals surface area contributed by atoms with Gasteiger partial charge in [-0.1, -0.05) is 28.1 Å². The fourth-order valence-electron chi connectivity index (χ4n) is 2.56. The zero-order valence-electron chi connectivity index (χ0n) is 16.3. The largest absolute Gasteiger partial charge is 0.423 e. The summed E-state index contributed by atoms with van der Waals surface area (Å²) in [7, 11) is 0. The molecule has 3 aromatic carbocycles. The van der Waals surface area contributed by atoms with Gasteiger partial charge in [-0.2, -0.15) is 5.26 Å². The van der Waals surface area contributed by atoms with Crippen molar-refractivity contribution in [3.05, 3.63) is 104 Å². The van der Waals surface area contributed by atoms with Crippen molar-refractivity contribution in [1.82, 2.24) is 0 Å². The number of rotatable bonds is 6. The first-order valence-electron chi connectivity index (χ1n) is 9.11. The number of carbonyl (C=O) groups is 2. The molecule has 3 rings (SSSR count). The van der Waals surface area contributed by atoms with Crippen molar-refractivity contribution < 1.29 is 19.2 Å². The number of amides is 1. The van der Waals surface area contributed by atoms with E-state index in [2.05, 4.69) is 21.2 Å². The molecule has 9 heteroatoms. The van der Waals surface area contributed by atoms with Crippen LogP contribution in [-0.4, -0.2) is 16.8 Å². The number of hydrogen-bond acceptors (Lipinski definition) is 6. The third-order valence-corrected chi connectivity index (χ3v) is 4.71. The number of nitrogens with one attached hydrogen (secondary N) is 1. The van der Waals surface area contributed by atoms with E-state index in [-0.39, 0.29) is 11.3 Å². The number of non-ortho nitro benzene ring substituents is 1. The van der Waals surface area contributed by atoms with E-state index in [4.69, 9.17) is 4.74 Å². The predicted molar refractivity (Wildman–Crippen MR) is 121 cm³/mol. The molecule has 0 aliphatic carbocycles. The average molecular weight is 492 g/mol. The summed E-state index contributed by atoms with van der Waals surface area (Å²) in [6.07, 6.45) is 1.38. The molecule has 1 amide bonds. The smallest absolute Gasteiger partial charge is 0.343 e. The number of nitriles is 1.